The van der Waals surface area contributed by atoms with Gasteiger partial charge in [-0.15, -0.1) is 0 Å². The molecule has 1 amide bonds. The summed E-state index contributed by atoms with van der Waals surface area (Å²) < 4.78 is 5.40. The van der Waals surface area contributed by atoms with Gasteiger partial charge in [0, 0.05) is 13.2 Å². The summed E-state index contributed by atoms with van der Waals surface area (Å²) in [6.45, 7) is 3.38. The average Bonchev–Trinajstić information content (AvgIpc) is 2.94. The number of ether oxygens (including phenoxy) is 1. The number of hydrogen-bond donors (Lipinski definition) is 1. The molecule has 0 radical (unpaired) electrons. The Labute approximate surface area is 121 Å². The Hall–Kier alpha value is -1.39. The predicted molar refractivity (Wildman–Crippen MR) is 79.6 cm³/mol. The first-order valence-corrected chi connectivity index (χ1v) is 7.20. The van der Waals surface area contributed by atoms with Crippen molar-refractivity contribution in [3.8, 4) is 0 Å². The predicted octanol–water partition coefficient (Wildman–Crippen LogP) is 1.89. The first-order valence-electron chi connectivity index (χ1n) is 7.20. The van der Waals surface area contributed by atoms with Gasteiger partial charge in [0.2, 0.25) is 5.91 Å². The largest absolute Gasteiger partial charge is 0.368 e. The fourth-order valence-corrected chi connectivity index (χ4v) is 2.48. The van der Waals surface area contributed by atoms with E-state index in [-0.39, 0.29) is 18.1 Å². The summed E-state index contributed by atoms with van der Waals surface area (Å²) >= 11 is 0. The molecule has 4 heteroatoms. The van der Waals surface area contributed by atoms with E-state index in [1.807, 2.05) is 14.1 Å². The molecule has 0 bridgehead atoms. The highest BCUT2D eigenvalue weighted by Crippen LogP contribution is 2.18. The van der Waals surface area contributed by atoms with Crippen LogP contribution in [0.15, 0.2) is 24.3 Å². The molecule has 1 aromatic rings. The quantitative estimate of drug-likeness (QED) is 0.893. The topological polar surface area (TPSA) is 41.6 Å². The number of carbonyl (C=O) groups is 1. The number of benzene rings is 1. The number of nitrogens with one attached hydrogen (secondary N) is 1. The van der Waals surface area contributed by atoms with Gasteiger partial charge in [-0.1, -0.05) is 29.8 Å². The van der Waals surface area contributed by atoms with Crippen molar-refractivity contribution in [2.45, 2.75) is 31.9 Å². The molecule has 1 aliphatic rings. The average molecular weight is 276 g/mol. The van der Waals surface area contributed by atoms with Gasteiger partial charge in [-0.3, -0.25) is 4.79 Å². The van der Waals surface area contributed by atoms with Gasteiger partial charge < -0.3 is 15.0 Å². The second-order valence-corrected chi connectivity index (χ2v) is 5.64. The van der Waals surface area contributed by atoms with Gasteiger partial charge >= 0.3 is 0 Å². The van der Waals surface area contributed by atoms with Gasteiger partial charge in [0.1, 0.15) is 6.10 Å². The minimum atomic E-state index is -0.254. The van der Waals surface area contributed by atoms with Gasteiger partial charge in [-0.2, -0.15) is 0 Å². The minimum absolute atomic E-state index is 0.0152. The first kappa shape index (κ1) is 15.0. The standard InChI is InChI=1S/C16H24N2O2/c1-12-6-8-13(9-7-12)14(18(2)3)11-17-16(19)15-5-4-10-20-15/h6-9,14-15H,4-5,10-11H2,1-3H3,(H,17,19). The summed E-state index contributed by atoms with van der Waals surface area (Å²) in [5.74, 6) is 0.0152. The fraction of sp³-hybridized carbons (Fsp3) is 0.562. The summed E-state index contributed by atoms with van der Waals surface area (Å²) in [5.41, 5.74) is 2.46. The van der Waals surface area contributed by atoms with Crippen LogP contribution < -0.4 is 5.32 Å². The van der Waals surface area contributed by atoms with Crippen LogP contribution in [0.3, 0.4) is 0 Å². The molecule has 1 fully saturated rings. The summed E-state index contributed by atoms with van der Waals surface area (Å²) in [5, 5.41) is 3.01. The highest BCUT2D eigenvalue weighted by Gasteiger charge is 2.24. The molecular weight excluding hydrogens is 252 g/mol. The lowest BCUT2D eigenvalue weighted by Gasteiger charge is -2.25. The molecule has 2 unspecified atom stereocenters. The van der Waals surface area contributed by atoms with Crippen molar-refractivity contribution >= 4 is 5.91 Å². The van der Waals surface area contributed by atoms with Crippen molar-refractivity contribution in [1.29, 1.82) is 0 Å². The monoisotopic (exact) mass is 276 g/mol. The maximum Gasteiger partial charge on any atom is 0.249 e. The Kier molecular flexibility index (Phi) is 5.15. The molecule has 1 aromatic carbocycles. The van der Waals surface area contributed by atoms with E-state index in [9.17, 15) is 4.79 Å². The highest BCUT2D eigenvalue weighted by molar-refractivity contribution is 5.81. The van der Waals surface area contributed by atoms with E-state index < -0.39 is 0 Å². The summed E-state index contributed by atoms with van der Waals surface area (Å²) in [6, 6.07) is 8.64. The van der Waals surface area contributed by atoms with Crippen LogP contribution in [0.5, 0.6) is 0 Å². The van der Waals surface area contributed by atoms with E-state index in [0.717, 1.165) is 12.8 Å². The molecule has 0 aliphatic carbocycles. The summed E-state index contributed by atoms with van der Waals surface area (Å²) in [4.78, 5) is 14.1. The molecule has 0 spiro atoms. The lowest BCUT2D eigenvalue weighted by molar-refractivity contribution is -0.130. The van der Waals surface area contributed by atoms with Crippen LogP contribution in [0.2, 0.25) is 0 Å². The van der Waals surface area contributed by atoms with E-state index in [0.29, 0.717) is 13.2 Å². The van der Waals surface area contributed by atoms with Crippen LogP contribution in [-0.4, -0.2) is 44.2 Å². The lowest BCUT2D eigenvalue weighted by atomic mass is 10.0. The van der Waals surface area contributed by atoms with Crippen LogP contribution in [0.1, 0.15) is 30.0 Å². The summed E-state index contributed by atoms with van der Waals surface area (Å²) in [6.07, 6.45) is 1.56. The zero-order chi connectivity index (χ0) is 14.5. The summed E-state index contributed by atoms with van der Waals surface area (Å²) in [7, 11) is 4.06. The number of likely N-dealkylation sites (N-methyl/N-ethyl adjacent to an activating group) is 1. The van der Waals surface area contributed by atoms with Crippen molar-refractivity contribution in [2.75, 3.05) is 27.2 Å². The van der Waals surface area contributed by atoms with Crippen molar-refractivity contribution < 1.29 is 9.53 Å². The first-order chi connectivity index (χ1) is 9.58. The van der Waals surface area contributed by atoms with Crippen LogP contribution in [-0.2, 0) is 9.53 Å². The number of rotatable bonds is 5. The van der Waals surface area contributed by atoms with E-state index in [1.54, 1.807) is 0 Å². The Morgan fingerprint density at radius 3 is 2.65 bits per heavy atom. The highest BCUT2D eigenvalue weighted by atomic mass is 16.5. The maximum atomic E-state index is 12.0. The number of amides is 1. The molecule has 0 aromatic heterocycles. The number of aryl methyl sites for hydroxylation is 1. The van der Waals surface area contributed by atoms with Crippen molar-refractivity contribution in [3.05, 3.63) is 35.4 Å². The van der Waals surface area contributed by atoms with E-state index in [2.05, 4.69) is 41.4 Å². The molecule has 110 valence electrons. The molecular formula is C16H24N2O2. The van der Waals surface area contributed by atoms with E-state index in [1.165, 1.54) is 11.1 Å². The van der Waals surface area contributed by atoms with Gasteiger partial charge in [0.25, 0.3) is 0 Å². The van der Waals surface area contributed by atoms with Crippen LogP contribution >= 0.6 is 0 Å². The van der Waals surface area contributed by atoms with E-state index >= 15 is 0 Å². The third-order valence-electron chi connectivity index (χ3n) is 3.78. The van der Waals surface area contributed by atoms with Gasteiger partial charge in [0.15, 0.2) is 0 Å². The zero-order valence-corrected chi connectivity index (χ0v) is 12.6. The third-order valence-corrected chi connectivity index (χ3v) is 3.78. The Morgan fingerprint density at radius 1 is 1.40 bits per heavy atom. The second-order valence-electron chi connectivity index (χ2n) is 5.64. The molecule has 1 saturated heterocycles. The Bertz CT molecular complexity index is 436. The maximum absolute atomic E-state index is 12.0. The van der Waals surface area contributed by atoms with Gasteiger partial charge in [-0.05, 0) is 39.4 Å². The fourth-order valence-electron chi connectivity index (χ4n) is 2.48. The molecule has 2 atom stereocenters. The number of carbonyl (C=O) groups excluding carboxylic acids is 1. The minimum Gasteiger partial charge on any atom is -0.368 e. The molecule has 4 nitrogen and oxygen atoms in total. The molecule has 1 aliphatic heterocycles. The van der Waals surface area contributed by atoms with Gasteiger partial charge in [0.05, 0.1) is 6.04 Å². The van der Waals surface area contributed by atoms with Crippen LogP contribution in [0.4, 0.5) is 0 Å². The van der Waals surface area contributed by atoms with Crippen LogP contribution in [0.25, 0.3) is 0 Å². The molecule has 1 N–H and O–H groups in total. The van der Waals surface area contributed by atoms with Crippen molar-refractivity contribution in [1.82, 2.24) is 10.2 Å². The molecule has 1 heterocycles. The van der Waals surface area contributed by atoms with E-state index in [4.69, 9.17) is 4.74 Å². The smallest absolute Gasteiger partial charge is 0.249 e. The van der Waals surface area contributed by atoms with Gasteiger partial charge in [-0.25, -0.2) is 0 Å². The number of nitrogens with zero attached hydrogens (tertiary/aromatic N) is 1. The zero-order valence-electron chi connectivity index (χ0n) is 12.6. The Balaban J connectivity index is 1.95. The second kappa shape index (κ2) is 6.86. The Morgan fingerprint density at radius 2 is 2.10 bits per heavy atom. The van der Waals surface area contributed by atoms with Crippen molar-refractivity contribution in [2.24, 2.45) is 0 Å². The number of hydrogen-bond acceptors (Lipinski definition) is 3. The SMILES string of the molecule is Cc1ccc(C(CNC(=O)C2CCCO2)N(C)C)cc1. The third kappa shape index (κ3) is 3.81. The lowest BCUT2D eigenvalue weighted by Crippen LogP contribution is -2.39. The molecule has 0 saturated carbocycles. The van der Waals surface area contributed by atoms with Crippen molar-refractivity contribution in [3.63, 3.8) is 0 Å². The molecule has 2 rings (SSSR count). The van der Waals surface area contributed by atoms with Crippen LogP contribution in [0, 0.1) is 6.92 Å². The molecule has 20 heavy (non-hydrogen) atoms. The normalized spacial score (nSPS) is 20.1.